The van der Waals surface area contributed by atoms with E-state index in [-0.39, 0.29) is 0 Å². The molecule has 0 aliphatic heterocycles. The smallest absolute Gasteiger partial charge is 0.218 e. The summed E-state index contributed by atoms with van der Waals surface area (Å²) in [5.41, 5.74) is 0. The zero-order valence-electron chi connectivity index (χ0n) is 11.3. The lowest BCUT2D eigenvalue weighted by Crippen LogP contribution is -2.23. The molecule has 0 bridgehead atoms. The minimum atomic E-state index is 0.316. The Labute approximate surface area is 117 Å². The van der Waals surface area contributed by atoms with Crippen molar-refractivity contribution in [1.29, 1.82) is 0 Å². The number of aromatic nitrogens is 2. The average molecular weight is 313 g/mol. The summed E-state index contributed by atoms with van der Waals surface area (Å²) < 4.78 is 6.80. The zero-order chi connectivity index (χ0) is 13.1. The van der Waals surface area contributed by atoms with Crippen LogP contribution in [0.4, 0.5) is 0 Å². The first-order chi connectivity index (χ1) is 8.54. The normalized spacial score (nSPS) is 24.3. The summed E-state index contributed by atoms with van der Waals surface area (Å²) in [6, 6.07) is 1.86. The van der Waals surface area contributed by atoms with Crippen LogP contribution in [0.25, 0.3) is 0 Å². The summed E-state index contributed by atoms with van der Waals surface area (Å²) in [7, 11) is 0. The predicted molar refractivity (Wildman–Crippen MR) is 75.9 cm³/mol. The molecule has 0 saturated heterocycles. The maximum Gasteiger partial charge on any atom is 0.218 e. The van der Waals surface area contributed by atoms with Crippen LogP contribution in [-0.2, 0) is 0 Å². The van der Waals surface area contributed by atoms with Gasteiger partial charge in [-0.15, -0.1) is 0 Å². The number of nitrogens with zero attached hydrogens (tertiary/aromatic N) is 2. The Hall–Kier alpha value is -0.640. The van der Waals surface area contributed by atoms with E-state index in [0.717, 1.165) is 29.2 Å². The molecule has 0 atom stereocenters. The second kappa shape index (κ2) is 6.00. The van der Waals surface area contributed by atoms with Gasteiger partial charge in [-0.1, -0.05) is 20.8 Å². The van der Waals surface area contributed by atoms with Crippen LogP contribution < -0.4 is 4.74 Å². The van der Waals surface area contributed by atoms with Crippen molar-refractivity contribution >= 4 is 15.9 Å². The predicted octanol–water partition coefficient (Wildman–Crippen LogP) is 4.32. The second-order valence-electron chi connectivity index (χ2n) is 5.54. The van der Waals surface area contributed by atoms with E-state index in [1.54, 1.807) is 0 Å². The standard InChI is InChI=1S/C14H21BrN2O/c1-9(2)14-16-12(15)8-13(17-14)18-11-6-4-10(3)5-7-11/h8-11H,4-7H2,1-3H3. The molecule has 0 aromatic carbocycles. The zero-order valence-corrected chi connectivity index (χ0v) is 12.9. The summed E-state index contributed by atoms with van der Waals surface area (Å²) in [6.07, 6.45) is 5.12. The highest BCUT2D eigenvalue weighted by Crippen LogP contribution is 2.27. The van der Waals surface area contributed by atoms with Crippen molar-refractivity contribution in [3.63, 3.8) is 0 Å². The lowest BCUT2D eigenvalue weighted by atomic mass is 9.89. The molecule has 2 rings (SSSR count). The topological polar surface area (TPSA) is 35.0 Å². The van der Waals surface area contributed by atoms with Gasteiger partial charge >= 0.3 is 0 Å². The molecule has 1 saturated carbocycles. The fourth-order valence-electron chi connectivity index (χ4n) is 2.25. The van der Waals surface area contributed by atoms with Crippen molar-refractivity contribution in [2.24, 2.45) is 5.92 Å². The van der Waals surface area contributed by atoms with Gasteiger partial charge in [0.15, 0.2) is 0 Å². The number of hydrogen-bond acceptors (Lipinski definition) is 3. The lowest BCUT2D eigenvalue weighted by molar-refractivity contribution is 0.129. The number of rotatable bonds is 3. The number of ether oxygens (including phenoxy) is 1. The Kier molecular flexibility index (Phi) is 4.60. The van der Waals surface area contributed by atoms with Gasteiger partial charge in [0.25, 0.3) is 0 Å². The van der Waals surface area contributed by atoms with Crippen molar-refractivity contribution in [2.45, 2.75) is 58.5 Å². The van der Waals surface area contributed by atoms with Crippen LogP contribution in [0.5, 0.6) is 5.88 Å². The SMILES string of the molecule is CC1CCC(Oc2cc(Br)nc(C(C)C)n2)CC1. The third-order valence-electron chi connectivity index (χ3n) is 3.46. The highest BCUT2D eigenvalue weighted by Gasteiger charge is 2.20. The molecule has 18 heavy (non-hydrogen) atoms. The molecule has 4 heteroatoms. The van der Waals surface area contributed by atoms with E-state index in [0.29, 0.717) is 17.9 Å². The lowest BCUT2D eigenvalue weighted by Gasteiger charge is -2.26. The summed E-state index contributed by atoms with van der Waals surface area (Å²) in [5, 5.41) is 0. The molecule has 0 radical (unpaired) electrons. The van der Waals surface area contributed by atoms with E-state index in [2.05, 4.69) is 46.7 Å². The average Bonchev–Trinajstić information content (AvgIpc) is 2.31. The van der Waals surface area contributed by atoms with Gasteiger partial charge in [0.1, 0.15) is 16.5 Å². The molecule has 1 aliphatic rings. The van der Waals surface area contributed by atoms with Gasteiger partial charge in [-0.25, -0.2) is 4.98 Å². The summed E-state index contributed by atoms with van der Waals surface area (Å²) in [5.74, 6) is 2.70. The van der Waals surface area contributed by atoms with E-state index < -0.39 is 0 Å². The van der Waals surface area contributed by atoms with E-state index in [9.17, 15) is 0 Å². The van der Waals surface area contributed by atoms with Crippen LogP contribution in [0, 0.1) is 5.92 Å². The van der Waals surface area contributed by atoms with E-state index in [4.69, 9.17) is 4.74 Å². The molecule has 1 aromatic rings. The maximum absolute atomic E-state index is 5.99. The first-order valence-electron chi connectivity index (χ1n) is 6.75. The molecule has 0 spiro atoms. The van der Waals surface area contributed by atoms with E-state index in [1.165, 1.54) is 12.8 Å². The van der Waals surface area contributed by atoms with Gasteiger partial charge in [0, 0.05) is 12.0 Å². The molecule has 1 aromatic heterocycles. The number of halogens is 1. The first kappa shape index (κ1) is 13.8. The van der Waals surface area contributed by atoms with Crippen LogP contribution >= 0.6 is 15.9 Å². The molecule has 0 unspecified atom stereocenters. The van der Waals surface area contributed by atoms with Crippen molar-refractivity contribution in [3.05, 3.63) is 16.5 Å². The van der Waals surface area contributed by atoms with E-state index in [1.807, 2.05) is 6.07 Å². The van der Waals surface area contributed by atoms with Crippen LogP contribution in [0.2, 0.25) is 0 Å². The molecule has 0 amide bonds. The molecular weight excluding hydrogens is 292 g/mol. The molecule has 3 nitrogen and oxygen atoms in total. The maximum atomic E-state index is 5.99. The van der Waals surface area contributed by atoms with Crippen LogP contribution in [0.3, 0.4) is 0 Å². The minimum absolute atomic E-state index is 0.316. The van der Waals surface area contributed by atoms with Crippen LogP contribution in [0.15, 0.2) is 10.7 Å². The van der Waals surface area contributed by atoms with Gasteiger partial charge in [-0.2, -0.15) is 4.98 Å². The fourth-order valence-corrected chi connectivity index (χ4v) is 2.63. The van der Waals surface area contributed by atoms with Crippen molar-refractivity contribution in [2.75, 3.05) is 0 Å². The molecule has 1 aliphatic carbocycles. The third-order valence-corrected chi connectivity index (χ3v) is 3.86. The summed E-state index contributed by atoms with van der Waals surface area (Å²) >= 11 is 3.42. The minimum Gasteiger partial charge on any atom is -0.474 e. The monoisotopic (exact) mass is 312 g/mol. The third kappa shape index (κ3) is 3.67. The van der Waals surface area contributed by atoms with Gasteiger partial charge in [0.05, 0.1) is 0 Å². The Bertz CT molecular complexity index is 401. The fraction of sp³-hybridized carbons (Fsp3) is 0.714. The van der Waals surface area contributed by atoms with Crippen molar-refractivity contribution in [3.8, 4) is 5.88 Å². The Morgan fingerprint density at radius 1 is 1.22 bits per heavy atom. The second-order valence-corrected chi connectivity index (χ2v) is 6.35. The Balaban J connectivity index is 2.04. The van der Waals surface area contributed by atoms with Gasteiger partial charge in [0.2, 0.25) is 5.88 Å². The quantitative estimate of drug-likeness (QED) is 0.780. The van der Waals surface area contributed by atoms with Crippen molar-refractivity contribution < 1.29 is 4.74 Å². The molecular formula is C14H21BrN2O. The molecule has 100 valence electrons. The van der Waals surface area contributed by atoms with Gasteiger partial charge in [-0.3, -0.25) is 0 Å². The van der Waals surface area contributed by atoms with Gasteiger partial charge in [-0.05, 0) is 47.5 Å². The first-order valence-corrected chi connectivity index (χ1v) is 7.55. The molecule has 0 N–H and O–H groups in total. The Morgan fingerprint density at radius 2 is 1.89 bits per heavy atom. The highest BCUT2D eigenvalue weighted by atomic mass is 79.9. The summed E-state index contributed by atoms with van der Waals surface area (Å²) in [6.45, 7) is 6.50. The molecule has 1 heterocycles. The van der Waals surface area contributed by atoms with Crippen LogP contribution in [-0.4, -0.2) is 16.1 Å². The van der Waals surface area contributed by atoms with Gasteiger partial charge < -0.3 is 4.74 Å². The molecule has 1 fully saturated rings. The summed E-state index contributed by atoms with van der Waals surface area (Å²) in [4.78, 5) is 8.85. The van der Waals surface area contributed by atoms with Crippen LogP contribution in [0.1, 0.15) is 58.2 Å². The highest BCUT2D eigenvalue weighted by molar-refractivity contribution is 9.10. The van der Waals surface area contributed by atoms with Crippen molar-refractivity contribution in [1.82, 2.24) is 9.97 Å². The van der Waals surface area contributed by atoms with E-state index >= 15 is 0 Å². The number of hydrogen-bond donors (Lipinski definition) is 0. The Morgan fingerprint density at radius 3 is 2.50 bits per heavy atom. The largest absolute Gasteiger partial charge is 0.474 e.